The summed E-state index contributed by atoms with van der Waals surface area (Å²) in [5, 5.41) is 1.53. The van der Waals surface area contributed by atoms with Crippen LogP contribution >= 0.6 is 34.8 Å². The van der Waals surface area contributed by atoms with Crippen LogP contribution in [0.5, 0.6) is 23.0 Å². The Labute approximate surface area is 192 Å². The van der Waals surface area contributed by atoms with Crippen LogP contribution in [0.4, 0.5) is 0 Å². The van der Waals surface area contributed by atoms with Crippen LogP contribution in [0.2, 0.25) is 15.1 Å². The molecule has 0 aliphatic rings. The lowest BCUT2D eigenvalue weighted by molar-refractivity contribution is 0.306. The highest BCUT2D eigenvalue weighted by Crippen LogP contribution is 2.32. The fourth-order valence-electron chi connectivity index (χ4n) is 2.88. The summed E-state index contributed by atoms with van der Waals surface area (Å²) in [6.45, 7) is 0.104. The van der Waals surface area contributed by atoms with Crippen LogP contribution in [-0.2, 0) is 6.61 Å². The third-order valence-corrected chi connectivity index (χ3v) is 5.72. The summed E-state index contributed by atoms with van der Waals surface area (Å²) < 4.78 is 22.1. The van der Waals surface area contributed by atoms with Gasteiger partial charge in [0.2, 0.25) is 11.2 Å². The standard InChI is InChI=1S/C23H15Cl3O5/c1-28-13-2-4-14(5-3-13)31-21-12-30-20-10-15(6-7-16(20)23(21)27)29-11-17-18(24)8-9-19(25)22(17)26/h2-10,12H,11H2,1H3. The lowest BCUT2D eigenvalue weighted by atomic mass is 10.2. The number of hydrogen-bond donors (Lipinski definition) is 0. The number of fused-ring (bicyclic) bond motifs is 1. The largest absolute Gasteiger partial charge is 0.497 e. The number of rotatable bonds is 6. The molecule has 8 heteroatoms. The van der Waals surface area contributed by atoms with Crippen LogP contribution in [0.25, 0.3) is 11.0 Å². The molecule has 4 rings (SSSR count). The summed E-state index contributed by atoms with van der Waals surface area (Å²) in [5.74, 6) is 1.73. The van der Waals surface area contributed by atoms with Gasteiger partial charge in [0.05, 0.1) is 22.5 Å². The van der Waals surface area contributed by atoms with Crippen molar-refractivity contribution >= 4 is 45.8 Å². The molecule has 0 saturated carbocycles. The van der Waals surface area contributed by atoms with E-state index in [-0.39, 0.29) is 17.8 Å². The predicted octanol–water partition coefficient (Wildman–Crippen LogP) is 7.13. The Bertz CT molecular complexity index is 1300. The van der Waals surface area contributed by atoms with Gasteiger partial charge in [0.25, 0.3) is 0 Å². The van der Waals surface area contributed by atoms with E-state index in [0.29, 0.717) is 48.8 Å². The van der Waals surface area contributed by atoms with E-state index in [0.717, 1.165) is 0 Å². The van der Waals surface area contributed by atoms with Gasteiger partial charge in [-0.1, -0.05) is 34.8 Å². The Kier molecular flexibility index (Phi) is 6.28. The normalized spacial score (nSPS) is 10.8. The van der Waals surface area contributed by atoms with E-state index in [4.69, 9.17) is 53.4 Å². The summed E-state index contributed by atoms with van der Waals surface area (Å²) in [6, 6.07) is 15.0. The van der Waals surface area contributed by atoms with E-state index in [1.165, 1.54) is 6.26 Å². The van der Waals surface area contributed by atoms with Crippen LogP contribution in [0.1, 0.15) is 5.56 Å². The summed E-state index contributed by atoms with van der Waals surface area (Å²) in [5.41, 5.74) is 0.623. The maximum atomic E-state index is 12.8. The van der Waals surface area contributed by atoms with Gasteiger partial charge in [-0.2, -0.15) is 0 Å². The molecule has 0 unspecified atom stereocenters. The Hall–Kier alpha value is -2.86. The summed E-state index contributed by atoms with van der Waals surface area (Å²) >= 11 is 18.4. The van der Waals surface area contributed by atoms with Gasteiger partial charge >= 0.3 is 0 Å². The third-order valence-electron chi connectivity index (χ3n) is 4.52. The minimum atomic E-state index is -0.301. The molecule has 0 bridgehead atoms. The van der Waals surface area contributed by atoms with Crippen molar-refractivity contribution in [3.63, 3.8) is 0 Å². The van der Waals surface area contributed by atoms with Gasteiger partial charge in [0.1, 0.15) is 35.7 Å². The highest BCUT2D eigenvalue weighted by molar-refractivity contribution is 6.44. The molecule has 0 saturated heterocycles. The molecule has 0 N–H and O–H groups in total. The van der Waals surface area contributed by atoms with E-state index < -0.39 is 0 Å². The van der Waals surface area contributed by atoms with Crippen LogP contribution < -0.4 is 19.6 Å². The zero-order valence-corrected chi connectivity index (χ0v) is 18.4. The molecular weight excluding hydrogens is 463 g/mol. The van der Waals surface area contributed by atoms with Crippen LogP contribution in [0.3, 0.4) is 0 Å². The molecule has 0 fully saturated rings. The van der Waals surface area contributed by atoms with Crippen molar-refractivity contribution in [1.82, 2.24) is 0 Å². The second-order valence-corrected chi connectivity index (χ2v) is 7.67. The zero-order valence-electron chi connectivity index (χ0n) is 16.2. The minimum Gasteiger partial charge on any atom is -0.497 e. The van der Waals surface area contributed by atoms with Crippen molar-refractivity contribution in [2.75, 3.05) is 7.11 Å². The number of halogens is 3. The smallest absolute Gasteiger partial charge is 0.235 e. The Morgan fingerprint density at radius 3 is 2.29 bits per heavy atom. The monoisotopic (exact) mass is 476 g/mol. The SMILES string of the molecule is COc1ccc(Oc2coc3cc(OCc4c(Cl)ccc(Cl)c4Cl)ccc3c2=O)cc1. The lowest BCUT2D eigenvalue weighted by Gasteiger charge is -2.11. The summed E-state index contributed by atoms with van der Waals surface area (Å²) in [7, 11) is 1.57. The molecule has 0 radical (unpaired) electrons. The quantitative estimate of drug-likeness (QED) is 0.276. The first-order valence-corrected chi connectivity index (χ1v) is 10.2. The fourth-order valence-corrected chi connectivity index (χ4v) is 3.54. The highest BCUT2D eigenvalue weighted by Gasteiger charge is 2.13. The molecule has 0 aliphatic heterocycles. The molecular formula is C23H15Cl3O5. The Morgan fingerprint density at radius 2 is 1.55 bits per heavy atom. The molecule has 4 aromatic rings. The average molecular weight is 478 g/mol. The van der Waals surface area contributed by atoms with Crippen molar-refractivity contribution in [3.05, 3.63) is 91.7 Å². The predicted molar refractivity (Wildman–Crippen MR) is 121 cm³/mol. The van der Waals surface area contributed by atoms with Crippen LogP contribution in [-0.4, -0.2) is 7.11 Å². The number of ether oxygens (including phenoxy) is 3. The highest BCUT2D eigenvalue weighted by atomic mass is 35.5. The first kappa shape index (κ1) is 21.4. The molecule has 5 nitrogen and oxygen atoms in total. The van der Waals surface area contributed by atoms with E-state index in [1.807, 2.05) is 0 Å². The van der Waals surface area contributed by atoms with Crippen LogP contribution in [0, 0.1) is 0 Å². The lowest BCUT2D eigenvalue weighted by Crippen LogP contribution is -2.05. The molecule has 0 amide bonds. The van der Waals surface area contributed by atoms with Crippen molar-refractivity contribution in [2.24, 2.45) is 0 Å². The second-order valence-electron chi connectivity index (χ2n) is 6.48. The minimum absolute atomic E-state index is 0.0730. The second kappa shape index (κ2) is 9.10. The molecule has 1 aromatic heterocycles. The van der Waals surface area contributed by atoms with Gasteiger partial charge in [0.15, 0.2) is 0 Å². The van der Waals surface area contributed by atoms with E-state index >= 15 is 0 Å². The zero-order chi connectivity index (χ0) is 22.0. The van der Waals surface area contributed by atoms with Gasteiger partial charge in [-0.25, -0.2) is 0 Å². The van der Waals surface area contributed by atoms with E-state index in [9.17, 15) is 4.79 Å². The fraction of sp³-hybridized carbons (Fsp3) is 0.0870. The maximum Gasteiger partial charge on any atom is 0.235 e. The molecule has 31 heavy (non-hydrogen) atoms. The first-order chi connectivity index (χ1) is 15.0. The van der Waals surface area contributed by atoms with Crippen molar-refractivity contribution in [3.8, 4) is 23.0 Å². The van der Waals surface area contributed by atoms with Gasteiger partial charge in [-0.15, -0.1) is 0 Å². The summed E-state index contributed by atoms with van der Waals surface area (Å²) in [4.78, 5) is 12.8. The van der Waals surface area contributed by atoms with Gasteiger partial charge in [0, 0.05) is 16.7 Å². The first-order valence-electron chi connectivity index (χ1n) is 9.09. The molecule has 0 aliphatic carbocycles. The summed E-state index contributed by atoms with van der Waals surface area (Å²) in [6.07, 6.45) is 1.27. The van der Waals surface area contributed by atoms with Crippen LogP contribution in [0.15, 0.2) is 70.1 Å². The van der Waals surface area contributed by atoms with Gasteiger partial charge in [-0.3, -0.25) is 4.79 Å². The molecule has 0 spiro atoms. The number of benzene rings is 3. The third kappa shape index (κ3) is 4.59. The van der Waals surface area contributed by atoms with E-state index in [1.54, 1.807) is 61.7 Å². The maximum absolute atomic E-state index is 12.8. The molecule has 3 aromatic carbocycles. The molecule has 1 heterocycles. The molecule has 158 valence electrons. The topological polar surface area (TPSA) is 57.9 Å². The number of methoxy groups -OCH3 is 1. The number of hydrogen-bond acceptors (Lipinski definition) is 5. The average Bonchev–Trinajstić information content (AvgIpc) is 2.79. The van der Waals surface area contributed by atoms with Gasteiger partial charge < -0.3 is 18.6 Å². The Balaban J connectivity index is 1.55. The van der Waals surface area contributed by atoms with Gasteiger partial charge in [-0.05, 0) is 48.5 Å². The van der Waals surface area contributed by atoms with Crippen molar-refractivity contribution in [2.45, 2.75) is 6.61 Å². The van der Waals surface area contributed by atoms with Crippen molar-refractivity contribution in [1.29, 1.82) is 0 Å². The Morgan fingerprint density at radius 1 is 0.871 bits per heavy atom. The van der Waals surface area contributed by atoms with Crippen molar-refractivity contribution < 1.29 is 18.6 Å². The molecule has 0 atom stereocenters. The van der Waals surface area contributed by atoms with E-state index in [2.05, 4.69) is 0 Å².